The summed E-state index contributed by atoms with van der Waals surface area (Å²) in [4.78, 5) is 7.20. The lowest BCUT2D eigenvalue weighted by Gasteiger charge is -2.32. The SMILES string of the molecule is Cc1c(C)n(CC2CCC2)c2c(N3CCc4ccccc4C3)nc(C#N)cc12. The van der Waals surface area contributed by atoms with Crippen LogP contribution in [0.4, 0.5) is 5.82 Å². The largest absolute Gasteiger partial charge is 0.350 e. The first-order valence-corrected chi connectivity index (χ1v) is 10.4. The van der Waals surface area contributed by atoms with Crippen molar-refractivity contribution in [3.63, 3.8) is 0 Å². The van der Waals surface area contributed by atoms with E-state index in [1.807, 2.05) is 6.07 Å². The third-order valence-electron chi connectivity index (χ3n) is 6.81. The van der Waals surface area contributed by atoms with Crippen LogP contribution in [0.2, 0.25) is 0 Å². The molecule has 0 radical (unpaired) electrons. The molecule has 3 heterocycles. The molecule has 1 aromatic carbocycles. The standard InChI is InChI=1S/C24H26N4/c1-16-17(2)28(14-18-6-5-7-18)23-22(16)12-21(13-25)26-24(23)27-11-10-19-8-3-4-9-20(19)15-27/h3-4,8-9,12,18H,5-7,10-11,14-15H2,1-2H3. The van der Waals surface area contributed by atoms with Gasteiger partial charge < -0.3 is 9.47 Å². The number of hydrogen-bond acceptors (Lipinski definition) is 3. The maximum absolute atomic E-state index is 9.60. The number of rotatable bonds is 3. The molecule has 142 valence electrons. The van der Waals surface area contributed by atoms with E-state index in [1.54, 1.807) is 0 Å². The van der Waals surface area contributed by atoms with E-state index < -0.39 is 0 Å². The molecule has 1 aliphatic carbocycles. The van der Waals surface area contributed by atoms with Gasteiger partial charge in [0.05, 0.1) is 5.52 Å². The highest BCUT2D eigenvalue weighted by Crippen LogP contribution is 2.37. The smallest absolute Gasteiger partial charge is 0.155 e. The van der Waals surface area contributed by atoms with Crippen molar-refractivity contribution in [1.29, 1.82) is 5.26 Å². The number of aryl methyl sites for hydroxylation is 1. The number of pyridine rings is 1. The summed E-state index contributed by atoms with van der Waals surface area (Å²) in [6.45, 7) is 7.28. The Morgan fingerprint density at radius 3 is 2.68 bits per heavy atom. The molecule has 0 bridgehead atoms. The summed E-state index contributed by atoms with van der Waals surface area (Å²) in [5.41, 5.74) is 7.15. The highest BCUT2D eigenvalue weighted by atomic mass is 15.2. The predicted octanol–water partition coefficient (Wildman–Crippen LogP) is 4.89. The zero-order chi connectivity index (χ0) is 19.3. The fraction of sp³-hybridized carbons (Fsp3) is 0.417. The van der Waals surface area contributed by atoms with Gasteiger partial charge in [-0.2, -0.15) is 5.26 Å². The van der Waals surface area contributed by atoms with Crippen LogP contribution in [0.5, 0.6) is 0 Å². The lowest BCUT2D eigenvalue weighted by atomic mass is 9.85. The Balaban J connectivity index is 1.67. The van der Waals surface area contributed by atoms with Gasteiger partial charge in [-0.3, -0.25) is 0 Å². The second-order valence-corrected chi connectivity index (χ2v) is 8.40. The number of anilines is 1. The van der Waals surface area contributed by atoms with Crippen molar-refractivity contribution in [2.24, 2.45) is 5.92 Å². The molecule has 1 fully saturated rings. The zero-order valence-electron chi connectivity index (χ0n) is 16.7. The quantitative estimate of drug-likeness (QED) is 0.659. The average molecular weight is 371 g/mol. The monoisotopic (exact) mass is 370 g/mol. The van der Waals surface area contributed by atoms with Gasteiger partial charge in [-0.05, 0) is 61.8 Å². The van der Waals surface area contributed by atoms with Crippen LogP contribution in [0.3, 0.4) is 0 Å². The molecule has 0 N–H and O–H groups in total. The van der Waals surface area contributed by atoms with E-state index in [0.717, 1.165) is 37.8 Å². The van der Waals surface area contributed by atoms with E-state index in [-0.39, 0.29) is 0 Å². The Labute approximate surface area is 166 Å². The fourth-order valence-electron chi connectivity index (χ4n) is 4.76. The first-order chi connectivity index (χ1) is 13.7. The van der Waals surface area contributed by atoms with Crippen molar-refractivity contribution in [2.45, 2.75) is 52.6 Å². The number of hydrogen-bond donors (Lipinski definition) is 0. The van der Waals surface area contributed by atoms with Crippen molar-refractivity contribution >= 4 is 16.7 Å². The minimum Gasteiger partial charge on any atom is -0.350 e. The Morgan fingerprint density at radius 1 is 1.18 bits per heavy atom. The minimum absolute atomic E-state index is 0.519. The van der Waals surface area contributed by atoms with Crippen LogP contribution >= 0.6 is 0 Å². The maximum atomic E-state index is 9.60. The number of nitrogens with zero attached hydrogens (tertiary/aromatic N) is 4. The van der Waals surface area contributed by atoms with Crippen LogP contribution < -0.4 is 4.90 Å². The third kappa shape index (κ3) is 2.69. The van der Waals surface area contributed by atoms with Crippen LogP contribution in [0.25, 0.3) is 10.9 Å². The molecule has 1 saturated carbocycles. The van der Waals surface area contributed by atoms with Crippen LogP contribution in [0, 0.1) is 31.1 Å². The normalized spacial score (nSPS) is 16.7. The molecule has 0 atom stereocenters. The number of aromatic nitrogens is 2. The van der Waals surface area contributed by atoms with Crippen molar-refractivity contribution in [2.75, 3.05) is 11.4 Å². The fourth-order valence-corrected chi connectivity index (χ4v) is 4.76. The summed E-state index contributed by atoms with van der Waals surface area (Å²) in [5, 5.41) is 10.8. The van der Waals surface area contributed by atoms with Crippen LogP contribution in [-0.4, -0.2) is 16.1 Å². The van der Waals surface area contributed by atoms with Crippen molar-refractivity contribution < 1.29 is 0 Å². The van der Waals surface area contributed by atoms with E-state index in [0.29, 0.717) is 5.69 Å². The lowest BCUT2D eigenvalue weighted by molar-refractivity contribution is 0.278. The molecule has 2 aromatic heterocycles. The number of fused-ring (bicyclic) bond motifs is 2. The first-order valence-electron chi connectivity index (χ1n) is 10.4. The van der Waals surface area contributed by atoms with Gasteiger partial charge in [-0.25, -0.2) is 4.98 Å². The van der Waals surface area contributed by atoms with Gasteiger partial charge in [0.2, 0.25) is 0 Å². The first kappa shape index (κ1) is 17.3. The number of nitriles is 1. The molecule has 5 rings (SSSR count). The Kier molecular flexibility index (Phi) is 4.12. The highest BCUT2D eigenvalue weighted by Gasteiger charge is 2.26. The van der Waals surface area contributed by atoms with Crippen molar-refractivity contribution in [3.05, 3.63) is 58.4 Å². The van der Waals surface area contributed by atoms with Crippen LogP contribution in [-0.2, 0) is 19.5 Å². The van der Waals surface area contributed by atoms with Gasteiger partial charge in [0.15, 0.2) is 5.82 Å². The van der Waals surface area contributed by atoms with E-state index in [2.05, 4.69) is 53.6 Å². The summed E-state index contributed by atoms with van der Waals surface area (Å²) in [6.07, 6.45) is 5.04. The molecular weight excluding hydrogens is 344 g/mol. The molecule has 0 unspecified atom stereocenters. The van der Waals surface area contributed by atoms with Gasteiger partial charge in [0.25, 0.3) is 0 Å². The molecule has 4 heteroatoms. The average Bonchev–Trinajstić information content (AvgIpc) is 2.94. The van der Waals surface area contributed by atoms with E-state index in [9.17, 15) is 5.26 Å². The topological polar surface area (TPSA) is 44.9 Å². The Bertz CT molecular complexity index is 1100. The Morgan fingerprint density at radius 2 is 1.96 bits per heavy atom. The molecule has 0 amide bonds. The summed E-state index contributed by atoms with van der Waals surface area (Å²) in [5.74, 6) is 1.76. The van der Waals surface area contributed by atoms with E-state index in [1.165, 1.54) is 52.5 Å². The predicted molar refractivity (Wildman–Crippen MR) is 112 cm³/mol. The van der Waals surface area contributed by atoms with Gasteiger partial charge in [0, 0.05) is 30.7 Å². The van der Waals surface area contributed by atoms with Crippen molar-refractivity contribution in [3.8, 4) is 6.07 Å². The van der Waals surface area contributed by atoms with Crippen LogP contribution in [0.15, 0.2) is 30.3 Å². The molecule has 0 spiro atoms. The van der Waals surface area contributed by atoms with Crippen LogP contribution in [0.1, 0.15) is 47.3 Å². The number of benzene rings is 1. The van der Waals surface area contributed by atoms with Crippen molar-refractivity contribution in [1.82, 2.24) is 9.55 Å². The molecule has 2 aliphatic rings. The zero-order valence-corrected chi connectivity index (χ0v) is 16.7. The molecular formula is C24H26N4. The molecule has 28 heavy (non-hydrogen) atoms. The Hall–Kier alpha value is -2.80. The summed E-state index contributed by atoms with van der Waals surface area (Å²) in [6, 6.07) is 13.0. The van der Waals surface area contributed by atoms with E-state index in [4.69, 9.17) is 4.98 Å². The molecule has 1 aliphatic heterocycles. The summed E-state index contributed by atoms with van der Waals surface area (Å²) >= 11 is 0. The molecule has 4 nitrogen and oxygen atoms in total. The summed E-state index contributed by atoms with van der Waals surface area (Å²) in [7, 11) is 0. The second-order valence-electron chi connectivity index (χ2n) is 8.40. The molecule has 3 aromatic rings. The maximum Gasteiger partial charge on any atom is 0.155 e. The molecule has 0 saturated heterocycles. The van der Waals surface area contributed by atoms with Gasteiger partial charge in [-0.15, -0.1) is 0 Å². The minimum atomic E-state index is 0.519. The highest BCUT2D eigenvalue weighted by molar-refractivity contribution is 5.94. The van der Waals surface area contributed by atoms with Gasteiger partial charge in [0.1, 0.15) is 11.8 Å². The van der Waals surface area contributed by atoms with Gasteiger partial charge >= 0.3 is 0 Å². The van der Waals surface area contributed by atoms with Gasteiger partial charge in [-0.1, -0.05) is 30.7 Å². The second kappa shape index (κ2) is 6.67. The third-order valence-corrected chi connectivity index (χ3v) is 6.81. The summed E-state index contributed by atoms with van der Waals surface area (Å²) < 4.78 is 2.48. The van der Waals surface area contributed by atoms with E-state index >= 15 is 0 Å². The lowest BCUT2D eigenvalue weighted by Crippen LogP contribution is -2.31.